The predicted molar refractivity (Wildman–Crippen MR) is 157 cm³/mol. The number of nitrogens with one attached hydrogen (secondary N) is 2. The smallest absolute Gasteiger partial charge is 0.319 e. The number of ether oxygens (including phenoxy) is 3. The number of para-hydroxylation sites is 2. The molecule has 4 rings (SSSR count). The van der Waals surface area contributed by atoms with Crippen molar-refractivity contribution in [3.8, 4) is 39.8 Å². The summed E-state index contributed by atoms with van der Waals surface area (Å²) >= 11 is 1.62. The number of hydrogen-bond acceptors (Lipinski definition) is 6. The van der Waals surface area contributed by atoms with Crippen LogP contribution in [-0.2, 0) is 6.54 Å². The number of aromatic nitrogens is 2. The first kappa shape index (κ1) is 27.9. The minimum atomic E-state index is -0.283. The summed E-state index contributed by atoms with van der Waals surface area (Å²) in [5.41, 5.74) is 4.64. The van der Waals surface area contributed by atoms with Gasteiger partial charge in [-0.05, 0) is 67.1 Å². The summed E-state index contributed by atoms with van der Waals surface area (Å²) in [5, 5.41) is 6.67. The van der Waals surface area contributed by atoms with Crippen LogP contribution in [0, 0.1) is 0 Å². The molecule has 0 aliphatic rings. The van der Waals surface area contributed by atoms with Gasteiger partial charge in [0.05, 0.1) is 38.4 Å². The molecule has 0 atom stereocenters. The molecule has 0 fully saturated rings. The normalized spacial score (nSPS) is 10.7. The Bertz CT molecular complexity index is 1370. The molecule has 9 heteroatoms. The minimum absolute atomic E-state index is 0.283. The third-order valence-electron chi connectivity index (χ3n) is 6.08. The lowest BCUT2D eigenvalue weighted by Crippen LogP contribution is -2.30. The third kappa shape index (κ3) is 6.86. The van der Waals surface area contributed by atoms with Crippen molar-refractivity contribution in [2.75, 3.05) is 38.9 Å². The third-order valence-corrected chi connectivity index (χ3v) is 7.06. The zero-order valence-corrected chi connectivity index (χ0v) is 23.5. The molecule has 0 saturated carbocycles. The van der Waals surface area contributed by atoms with Crippen LogP contribution in [0.4, 0.5) is 10.5 Å². The van der Waals surface area contributed by atoms with Gasteiger partial charge in [-0.2, -0.15) is 0 Å². The zero-order chi connectivity index (χ0) is 27.6. The molecule has 2 N–H and O–H groups in total. The topological polar surface area (TPSA) is 86.6 Å². The van der Waals surface area contributed by atoms with Crippen molar-refractivity contribution in [3.63, 3.8) is 0 Å². The molecule has 1 aromatic heterocycles. The SMILES string of the molecule is CCCn1c(SCCNC(=O)Nc2ccccc2OC)nc(-c2ccc(OC)cc2)c1-c1ccc(OC)cc1. The number of carbonyl (C=O) groups is 1. The van der Waals surface area contributed by atoms with Gasteiger partial charge in [-0.1, -0.05) is 30.8 Å². The molecular formula is C30H34N4O4S. The monoisotopic (exact) mass is 546 g/mol. The van der Waals surface area contributed by atoms with Gasteiger partial charge in [-0.3, -0.25) is 0 Å². The number of hydrogen-bond donors (Lipinski definition) is 2. The summed E-state index contributed by atoms with van der Waals surface area (Å²) < 4.78 is 18.3. The lowest BCUT2D eigenvalue weighted by atomic mass is 10.0. The molecule has 39 heavy (non-hydrogen) atoms. The quantitative estimate of drug-likeness (QED) is 0.154. The molecule has 204 valence electrons. The molecule has 0 saturated heterocycles. The van der Waals surface area contributed by atoms with E-state index in [0.717, 1.165) is 52.1 Å². The maximum Gasteiger partial charge on any atom is 0.319 e. The summed E-state index contributed by atoms with van der Waals surface area (Å²) in [4.78, 5) is 17.6. The Morgan fingerprint density at radius 2 is 1.51 bits per heavy atom. The summed E-state index contributed by atoms with van der Waals surface area (Å²) in [6, 6.07) is 23.0. The zero-order valence-electron chi connectivity index (χ0n) is 22.7. The molecule has 0 spiro atoms. The molecule has 0 radical (unpaired) electrons. The molecule has 2 amide bonds. The van der Waals surface area contributed by atoms with Gasteiger partial charge in [0.2, 0.25) is 0 Å². The average Bonchev–Trinajstić information content (AvgIpc) is 3.33. The van der Waals surface area contributed by atoms with Crippen LogP contribution in [0.15, 0.2) is 78.0 Å². The van der Waals surface area contributed by atoms with E-state index >= 15 is 0 Å². The van der Waals surface area contributed by atoms with E-state index in [-0.39, 0.29) is 6.03 Å². The second-order valence-corrected chi connectivity index (χ2v) is 9.69. The Kier molecular flexibility index (Phi) is 9.74. The Morgan fingerprint density at radius 3 is 2.13 bits per heavy atom. The van der Waals surface area contributed by atoms with E-state index < -0.39 is 0 Å². The molecule has 0 bridgehead atoms. The fourth-order valence-corrected chi connectivity index (χ4v) is 5.07. The molecular weight excluding hydrogens is 512 g/mol. The van der Waals surface area contributed by atoms with E-state index in [2.05, 4.69) is 34.3 Å². The fraction of sp³-hybridized carbons (Fsp3) is 0.267. The Labute approximate surface area is 233 Å². The summed E-state index contributed by atoms with van der Waals surface area (Å²) in [6.07, 6.45) is 0.953. The molecule has 0 aliphatic heterocycles. The maximum absolute atomic E-state index is 12.5. The van der Waals surface area contributed by atoms with Gasteiger partial charge in [0.15, 0.2) is 5.16 Å². The van der Waals surface area contributed by atoms with Gasteiger partial charge in [-0.15, -0.1) is 0 Å². The summed E-state index contributed by atoms with van der Waals surface area (Å²) in [7, 11) is 4.90. The van der Waals surface area contributed by atoms with E-state index in [1.54, 1.807) is 45.2 Å². The van der Waals surface area contributed by atoms with Crippen molar-refractivity contribution < 1.29 is 19.0 Å². The number of benzene rings is 3. The van der Waals surface area contributed by atoms with Crippen LogP contribution in [0.1, 0.15) is 13.3 Å². The molecule has 0 aliphatic carbocycles. The van der Waals surface area contributed by atoms with Crippen LogP contribution < -0.4 is 24.8 Å². The maximum atomic E-state index is 12.5. The van der Waals surface area contributed by atoms with Gasteiger partial charge < -0.3 is 29.4 Å². The average molecular weight is 547 g/mol. The van der Waals surface area contributed by atoms with E-state index in [9.17, 15) is 4.79 Å². The number of nitrogens with zero attached hydrogens (tertiary/aromatic N) is 2. The molecule has 8 nitrogen and oxygen atoms in total. The van der Waals surface area contributed by atoms with E-state index in [4.69, 9.17) is 19.2 Å². The number of thioether (sulfide) groups is 1. The first-order valence-electron chi connectivity index (χ1n) is 12.8. The van der Waals surface area contributed by atoms with Crippen molar-refractivity contribution in [1.29, 1.82) is 0 Å². The molecule has 0 unspecified atom stereocenters. The van der Waals surface area contributed by atoms with Gasteiger partial charge in [-0.25, -0.2) is 9.78 Å². The second kappa shape index (κ2) is 13.6. The Balaban J connectivity index is 1.55. The highest BCUT2D eigenvalue weighted by Crippen LogP contribution is 2.37. The van der Waals surface area contributed by atoms with Crippen molar-refractivity contribution in [2.24, 2.45) is 0 Å². The number of urea groups is 1. The van der Waals surface area contributed by atoms with Crippen molar-refractivity contribution in [3.05, 3.63) is 72.8 Å². The molecule has 3 aromatic carbocycles. The number of anilines is 1. The van der Waals surface area contributed by atoms with E-state index in [1.807, 2.05) is 48.5 Å². The first-order valence-corrected chi connectivity index (χ1v) is 13.8. The van der Waals surface area contributed by atoms with Crippen molar-refractivity contribution in [1.82, 2.24) is 14.9 Å². The van der Waals surface area contributed by atoms with Gasteiger partial charge >= 0.3 is 6.03 Å². The lowest BCUT2D eigenvalue weighted by molar-refractivity contribution is 0.252. The largest absolute Gasteiger partial charge is 0.497 e. The number of rotatable bonds is 12. The van der Waals surface area contributed by atoms with Gasteiger partial charge in [0.25, 0.3) is 0 Å². The highest BCUT2D eigenvalue weighted by molar-refractivity contribution is 7.99. The molecule has 1 heterocycles. The van der Waals surface area contributed by atoms with Crippen molar-refractivity contribution >= 4 is 23.5 Å². The highest BCUT2D eigenvalue weighted by Gasteiger charge is 2.20. The highest BCUT2D eigenvalue weighted by atomic mass is 32.2. The van der Waals surface area contributed by atoms with Gasteiger partial charge in [0.1, 0.15) is 17.2 Å². The lowest BCUT2D eigenvalue weighted by Gasteiger charge is -2.13. The predicted octanol–water partition coefficient (Wildman–Crippen LogP) is 6.57. The van der Waals surface area contributed by atoms with Crippen LogP contribution in [0.5, 0.6) is 17.2 Å². The minimum Gasteiger partial charge on any atom is -0.497 e. The van der Waals surface area contributed by atoms with Crippen LogP contribution >= 0.6 is 11.8 Å². The number of imidazole rings is 1. The number of amides is 2. The van der Waals surface area contributed by atoms with Crippen LogP contribution in [-0.4, -0.2) is 49.2 Å². The number of carbonyl (C=O) groups excluding carboxylic acids is 1. The van der Waals surface area contributed by atoms with Crippen molar-refractivity contribution in [2.45, 2.75) is 25.0 Å². The van der Waals surface area contributed by atoms with Crippen LogP contribution in [0.25, 0.3) is 22.5 Å². The standard InChI is InChI=1S/C30H34N4O4S/c1-5-19-34-28(22-12-16-24(37-3)17-13-22)27(21-10-14-23(36-2)15-11-21)33-30(34)39-20-18-31-29(35)32-25-8-6-7-9-26(25)38-4/h6-17H,5,18-20H2,1-4H3,(H2,31,32,35). The molecule has 4 aromatic rings. The van der Waals surface area contributed by atoms with E-state index in [1.165, 1.54) is 0 Å². The van der Waals surface area contributed by atoms with Gasteiger partial charge in [0, 0.05) is 30.0 Å². The Morgan fingerprint density at radius 1 is 0.872 bits per heavy atom. The number of methoxy groups -OCH3 is 3. The summed E-state index contributed by atoms with van der Waals surface area (Å²) in [5.74, 6) is 2.87. The van der Waals surface area contributed by atoms with Crippen LogP contribution in [0.2, 0.25) is 0 Å². The fourth-order valence-electron chi connectivity index (χ4n) is 4.19. The summed E-state index contributed by atoms with van der Waals surface area (Å²) in [6.45, 7) is 3.44. The Hall–Kier alpha value is -4.11. The second-order valence-electron chi connectivity index (χ2n) is 8.63. The van der Waals surface area contributed by atoms with E-state index in [0.29, 0.717) is 23.7 Å². The van der Waals surface area contributed by atoms with Crippen LogP contribution in [0.3, 0.4) is 0 Å². The first-order chi connectivity index (χ1) is 19.1.